The number of hydrogen-bond acceptors (Lipinski definition) is 1. The fourth-order valence-corrected chi connectivity index (χ4v) is 2.33. The first-order chi connectivity index (χ1) is 6.08. The number of benzene rings is 1. The Bertz CT molecular complexity index is 315. The minimum absolute atomic E-state index is 0.244. The lowest BCUT2D eigenvalue weighted by molar-refractivity contribution is 0.454. The van der Waals surface area contributed by atoms with E-state index in [9.17, 15) is 0 Å². The lowest BCUT2D eigenvalue weighted by Gasteiger charge is -2.37. The minimum Gasteiger partial charge on any atom is -0.380 e. The Morgan fingerprint density at radius 1 is 1.31 bits per heavy atom. The van der Waals surface area contributed by atoms with E-state index in [0.29, 0.717) is 5.92 Å². The van der Waals surface area contributed by atoms with E-state index in [4.69, 9.17) is 0 Å². The SMILES string of the molecule is C[C@H]1CC(C)(C)Nc2ccccc21. The van der Waals surface area contributed by atoms with Gasteiger partial charge in [0.25, 0.3) is 0 Å². The Labute approximate surface area is 80.2 Å². The first-order valence-electron chi connectivity index (χ1n) is 4.96. The standard InChI is InChI=1S/C12H17N/c1-9-8-12(2,3)13-11-7-5-4-6-10(9)11/h4-7,9,13H,8H2,1-3H3/t9-/m0/s1. The maximum absolute atomic E-state index is 3.57. The molecule has 13 heavy (non-hydrogen) atoms. The zero-order chi connectivity index (χ0) is 9.47. The maximum Gasteiger partial charge on any atom is 0.0379 e. The van der Waals surface area contributed by atoms with Gasteiger partial charge in [-0.1, -0.05) is 25.1 Å². The van der Waals surface area contributed by atoms with E-state index in [2.05, 4.69) is 50.4 Å². The molecule has 0 amide bonds. The summed E-state index contributed by atoms with van der Waals surface area (Å²) >= 11 is 0. The van der Waals surface area contributed by atoms with Crippen molar-refractivity contribution in [3.05, 3.63) is 29.8 Å². The molecule has 0 radical (unpaired) electrons. The minimum atomic E-state index is 0.244. The summed E-state index contributed by atoms with van der Waals surface area (Å²) < 4.78 is 0. The highest BCUT2D eigenvalue weighted by Crippen LogP contribution is 2.37. The Morgan fingerprint density at radius 3 is 2.77 bits per heavy atom. The normalized spacial score (nSPS) is 24.7. The van der Waals surface area contributed by atoms with Crippen molar-refractivity contribution in [3.8, 4) is 0 Å². The van der Waals surface area contributed by atoms with Crippen molar-refractivity contribution in [1.82, 2.24) is 0 Å². The van der Waals surface area contributed by atoms with Gasteiger partial charge in [0.15, 0.2) is 0 Å². The van der Waals surface area contributed by atoms with Gasteiger partial charge in [0, 0.05) is 11.2 Å². The Hall–Kier alpha value is -0.980. The summed E-state index contributed by atoms with van der Waals surface area (Å²) in [5.74, 6) is 0.674. The molecule has 0 aliphatic carbocycles. The molecule has 0 fully saturated rings. The molecule has 1 heteroatoms. The van der Waals surface area contributed by atoms with Gasteiger partial charge < -0.3 is 5.32 Å². The van der Waals surface area contributed by atoms with Gasteiger partial charge in [0.1, 0.15) is 0 Å². The zero-order valence-corrected chi connectivity index (χ0v) is 8.59. The number of nitrogens with one attached hydrogen (secondary N) is 1. The molecule has 1 atom stereocenters. The Morgan fingerprint density at radius 2 is 2.00 bits per heavy atom. The van der Waals surface area contributed by atoms with Crippen LogP contribution in [0.15, 0.2) is 24.3 Å². The highest BCUT2D eigenvalue weighted by atomic mass is 15.0. The lowest BCUT2D eigenvalue weighted by atomic mass is 9.82. The van der Waals surface area contributed by atoms with Crippen LogP contribution in [0, 0.1) is 0 Å². The molecule has 0 saturated carbocycles. The average Bonchev–Trinajstić information content (AvgIpc) is 2.02. The molecular formula is C12H17N. The zero-order valence-electron chi connectivity index (χ0n) is 8.59. The van der Waals surface area contributed by atoms with Gasteiger partial charge in [0.2, 0.25) is 0 Å². The van der Waals surface area contributed by atoms with Gasteiger partial charge in [-0.05, 0) is 37.8 Å². The van der Waals surface area contributed by atoms with Crippen LogP contribution in [0.4, 0.5) is 5.69 Å². The molecule has 0 saturated heterocycles. The predicted molar refractivity (Wildman–Crippen MR) is 57.2 cm³/mol. The molecule has 0 spiro atoms. The molecule has 2 rings (SSSR count). The Balaban J connectivity index is 2.43. The molecular weight excluding hydrogens is 158 g/mol. The number of para-hydroxylation sites is 1. The molecule has 1 aliphatic heterocycles. The predicted octanol–water partition coefficient (Wildman–Crippen LogP) is 3.38. The van der Waals surface area contributed by atoms with E-state index in [1.807, 2.05) is 0 Å². The Kier molecular flexibility index (Phi) is 1.83. The van der Waals surface area contributed by atoms with Crippen LogP contribution in [0.25, 0.3) is 0 Å². The van der Waals surface area contributed by atoms with Gasteiger partial charge in [-0.2, -0.15) is 0 Å². The van der Waals surface area contributed by atoms with Crippen molar-refractivity contribution in [2.45, 2.75) is 38.6 Å². The summed E-state index contributed by atoms with van der Waals surface area (Å²) in [5.41, 5.74) is 3.02. The van der Waals surface area contributed by atoms with E-state index >= 15 is 0 Å². The van der Waals surface area contributed by atoms with Crippen LogP contribution < -0.4 is 5.32 Å². The third-order valence-corrected chi connectivity index (χ3v) is 2.78. The van der Waals surface area contributed by atoms with Gasteiger partial charge in [0.05, 0.1) is 0 Å². The van der Waals surface area contributed by atoms with Crippen molar-refractivity contribution in [1.29, 1.82) is 0 Å². The molecule has 1 heterocycles. The van der Waals surface area contributed by atoms with Crippen molar-refractivity contribution >= 4 is 5.69 Å². The van der Waals surface area contributed by atoms with E-state index in [1.54, 1.807) is 0 Å². The van der Waals surface area contributed by atoms with Gasteiger partial charge in [-0.25, -0.2) is 0 Å². The number of fused-ring (bicyclic) bond motifs is 1. The van der Waals surface area contributed by atoms with Gasteiger partial charge >= 0.3 is 0 Å². The second kappa shape index (κ2) is 2.76. The molecule has 0 bridgehead atoms. The van der Waals surface area contributed by atoms with Crippen molar-refractivity contribution in [3.63, 3.8) is 0 Å². The quantitative estimate of drug-likeness (QED) is 0.637. The number of rotatable bonds is 0. The van der Waals surface area contributed by atoms with Crippen LogP contribution in [-0.2, 0) is 0 Å². The fraction of sp³-hybridized carbons (Fsp3) is 0.500. The number of anilines is 1. The van der Waals surface area contributed by atoms with Gasteiger partial charge in [-0.3, -0.25) is 0 Å². The molecule has 1 aliphatic rings. The van der Waals surface area contributed by atoms with Crippen LogP contribution >= 0.6 is 0 Å². The maximum atomic E-state index is 3.57. The first-order valence-corrected chi connectivity index (χ1v) is 4.96. The third-order valence-electron chi connectivity index (χ3n) is 2.78. The summed E-state index contributed by atoms with van der Waals surface area (Å²) in [6.07, 6.45) is 1.21. The van der Waals surface area contributed by atoms with E-state index in [1.165, 1.54) is 17.7 Å². The second-order valence-corrected chi connectivity index (χ2v) is 4.70. The van der Waals surface area contributed by atoms with Crippen LogP contribution in [0.3, 0.4) is 0 Å². The smallest absolute Gasteiger partial charge is 0.0379 e. The second-order valence-electron chi connectivity index (χ2n) is 4.70. The van der Waals surface area contributed by atoms with Gasteiger partial charge in [-0.15, -0.1) is 0 Å². The summed E-state index contributed by atoms with van der Waals surface area (Å²) in [5, 5.41) is 3.57. The molecule has 0 unspecified atom stereocenters. The number of hydrogen-bond donors (Lipinski definition) is 1. The summed E-state index contributed by atoms with van der Waals surface area (Å²) in [4.78, 5) is 0. The van der Waals surface area contributed by atoms with Crippen molar-refractivity contribution < 1.29 is 0 Å². The average molecular weight is 175 g/mol. The summed E-state index contributed by atoms with van der Waals surface area (Å²) in [7, 11) is 0. The van der Waals surface area contributed by atoms with Crippen LogP contribution in [0.1, 0.15) is 38.7 Å². The molecule has 0 aromatic heterocycles. The molecule has 1 aromatic carbocycles. The van der Waals surface area contributed by atoms with Crippen molar-refractivity contribution in [2.75, 3.05) is 5.32 Å². The highest BCUT2D eigenvalue weighted by Gasteiger charge is 2.28. The monoisotopic (exact) mass is 175 g/mol. The van der Waals surface area contributed by atoms with E-state index in [-0.39, 0.29) is 5.54 Å². The van der Waals surface area contributed by atoms with Crippen LogP contribution in [0.2, 0.25) is 0 Å². The van der Waals surface area contributed by atoms with Crippen molar-refractivity contribution in [2.24, 2.45) is 0 Å². The molecule has 1 nitrogen and oxygen atoms in total. The summed E-state index contributed by atoms with van der Waals surface area (Å²) in [6.45, 7) is 6.83. The van der Waals surface area contributed by atoms with Crippen LogP contribution in [-0.4, -0.2) is 5.54 Å². The molecule has 70 valence electrons. The highest BCUT2D eigenvalue weighted by molar-refractivity contribution is 5.56. The lowest BCUT2D eigenvalue weighted by Crippen LogP contribution is -2.36. The van der Waals surface area contributed by atoms with E-state index < -0.39 is 0 Å². The first kappa shape index (κ1) is 8.61. The molecule has 1 N–H and O–H groups in total. The summed E-state index contributed by atoms with van der Waals surface area (Å²) in [6, 6.07) is 8.62. The largest absolute Gasteiger partial charge is 0.380 e. The third kappa shape index (κ3) is 1.55. The fourth-order valence-electron chi connectivity index (χ4n) is 2.33. The van der Waals surface area contributed by atoms with Crippen LogP contribution in [0.5, 0.6) is 0 Å². The molecule has 1 aromatic rings. The van der Waals surface area contributed by atoms with E-state index in [0.717, 1.165) is 0 Å². The topological polar surface area (TPSA) is 12.0 Å².